The number of rotatable bonds is 7. The van der Waals surface area contributed by atoms with E-state index in [2.05, 4.69) is 15.6 Å². The molecule has 176 valence electrons. The topological polar surface area (TPSA) is 112 Å². The quantitative estimate of drug-likeness (QED) is 0.422. The first-order valence-electron chi connectivity index (χ1n) is 10.5. The molecule has 1 amide bonds. The van der Waals surface area contributed by atoms with E-state index < -0.39 is 0 Å². The molecule has 2 aromatic carbocycles. The highest BCUT2D eigenvalue weighted by molar-refractivity contribution is 5.89. The number of hydrogen-bond acceptors (Lipinski definition) is 8. The van der Waals surface area contributed by atoms with Crippen molar-refractivity contribution in [2.75, 3.05) is 32.0 Å². The average Bonchev–Trinajstić information content (AvgIpc) is 3.11. The number of hydrogen-bond donors (Lipinski definition) is 2. The minimum atomic E-state index is -0.153. The number of aromatic nitrogens is 4. The zero-order valence-corrected chi connectivity index (χ0v) is 19.9. The minimum Gasteiger partial charge on any atom is -0.493 e. The molecule has 2 heterocycles. The highest BCUT2D eigenvalue weighted by atomic mass is 16.5. The number of imidazole rings is 1. The van der Waals surface area contributed by atoms with E-state index >= 15 is 0 Å². The average molecular weight is 463 g/mol. The first-order chi connectivity index (χ1) is 16.3. The number of carbonyl (C=O) groups excluding carboxylic acids is 1. The maximum atomic E-state index is 11.5. The first kappa shape index (κ1) is 22.8. The number of carbonyl (C=O) groups is 1. The molecule has 0 aliphatic carbocycles. The van der Waals surface area contributed by atoms with Crippen molar-refractivity contribution >= 4 is 28.6 Å². The lowest BCUT2D eigenvalue weighted by Crippen LogP contribution is -2.07. The van der Waals surface area contributed by atoms with E-state index in [1.165, 1.54) is 6.92 Å². The molecular formula is C24H26N6O4. The molecule has 10 heteroatoms. The van der Waals surface area contributed by atoms with E-state index in [0.717, 1.165) is 22.6 Å². The van der Waals surface area contributed by atoms with Crippen molar-refractivity contribution in [2.24, 2.45) is 0 Å². The molecular weight excluding hydrogens is 436 g/mol. The number of methoxy groups -OCH3 is 3. The summed E-state index contributed by atoms with van der Waals surface area (Å²) in [5, 5.41) is 10.9. The molecule has 0 saturated carbocycles. The van der Waals surface area contributed by atoms with Crippen molar-refractivity contribution in [3.63, 3.8) is 0 Å². The molecule has 4 rings (SSSR count). The van der Waals surface area contributed by atoms with Crippen molar-refractivity contribution in [2.45, 2.75) is 20.8 Å². The number of fused-ring (bicyclic) bond motifs is 1. The number of nitrogens with one attached hydrogen (secondary N) is 2. The second kappa shape index (κ2) is 9.26. The predicted octanol–water partition coefficient (Wildman–Crippen LogP) is 4.14. The molecule has 0 spiro atoms. The minimum absolute atomic E-state index is 0.153. The SMILES string of the molecule is COc1cc(Nc2nc(-c3cccc(NC(C)=O)c3)nn3c(C)nc(C)c23)cc(OC)c1OC. The fraction of sp³-hybridized carbons (Fsp3) is 0.250. The molecule has 2 aromatic heterocycles. The van der Waals surface area contributed by atoms with Gasteiger partial charge >= 0.3 is 0 Å². The third-order valence-electron chi connectivity index (χ3n) is 5.20. The van der Waals surface area contributed by atoms with Gasteiger partial charge in [-0.05, 0) is 26.0 Å². The van der Waals surface area contributed by atoms with Gasteiger partial charge in [0.15, 0.2) is 23.1 Å². The van der Waals surface area contributed by atoms with Crippen LogP contribution in [-0.2, 0) is 4.79 Å². The van der Waals surface area contributed by atoms with Crippen molar-refractivity contribution in [3.8, 4) is 28.6 Å². The maximum Gasteiger partial charge on any atom is 0.221 e. The van der Waals surface area contributed by atoms with Gasteiger partial charge in [0.05, 0.1) is 27.0 Å². The Morgan fingerprint density at radius 3 is 2.26 bits per heavy atom. The van der Waals surface area contributed by atoms with Crippen LogP contribution in [0.25, 0.3) is 16.9 Å². The molecule has 0 aliphatic rings. The van der Waals surface area contributed by atoms with E-state index in [1.807, 2.05) is 38.1 Å². The Kier molecular flexibility index (Phi) is 6.22. The number of ether oxygens (including phenoxy) is 3. The lowest BCUT2D eigenvalue weighted by molar-refractivity contribution is -0.114. The van der Waals surface area contributed by atoms with Crippen LogP contribution in [0.2, 0.25) is 0 Å². The summed E-state index contributed by atoms with van der Waals surface area (Å²) in [6.07, 6.45) is 0. The molecule has 0 saturated heterocycles. The van der Waals surface area contributed by atoms with Crippen LogP contribution in [0, 0.1) is 13.8 Å². The molecule has 0 radical (unpaired) electrons. The van der Waals surface area contributed by atoms with Gasteiger partial charge in [-0.2, -0.15) is 0 Å². The number of amides is 1. The van der Waals surface area contributed by atoms with Gasteiger partial charge in [0.2, 0.25) is 11.7 Å². The van der Waals surface area contributed by atoms with Crippen LogP contribution in [-0.4, -0.2) is 46.8 Å². The van der Waals surface area contributed by atoms with Crippen LogP contribution < -0.4 is 24.8 Å². The fourth-order valence-corrected chi connectivity index (χ4v) is 3.77. The van der Waals surface area contributed by atoms with Crippen molar-refractivity contribution in [1.82, 2.24) is 19.6 Å². The number of anilines is 3. The Bertz CT molecular complexity index is 1360. The lowest BCUT2D eigenvalue weighted by atomic mass is 10.2. The summed E-state index contributed by atoms with van der Waals surface area (Å²) in [5.41, 5.74) is 3.61. The summed E-state index contributed by atoms with van der Waals surface area (Å²) < 4.78 is 18.1. The second-order valence-electron chi connectivity index (χ2n) is 7.59. The number of nitrogens with zero attached hydrogens (tertiary/aromatic N) is 4. The molecule has 0 aliphatic heterocycles. The lowest BCUT2D eigenvalue weighted by Gasteiger charge is -2.16. The highest BCUT2D eigenvalue weighted by Gasteiger charge is 2.18. The Morgan fingerprint density at radius 1 is 0.941 bits per heavy atom. The normalized spacial score (nSPS) is 10.8. The summed E-state index contributed by atoms with van der Waals surface area (Å²) in [7, 11) is 4.68. The van der Waals surface area contributed by atoms with Crippen LogP contribution in [0.5, 0.6) is 17.2 Å². The van der Waals surface area contributed by atoms with Gasteiger partial charge in [-0.15, -0.1) is 5.10 Å². The highest BCUT2D eigenvalue weighted by Crippen LogP contribution is 2.41. The zero-order chi connectivity index (χ0) is 24.4. The zero-order valence-electron chi connectivity index (χ0n) is 19.9. The van der Waals surface area contributed by atoms with Crippen molar-refractivity contribution in [1.29, 1.82) is 0 Å². The summed E-state index contributed by atoms with van der Waals surface area (Å²) >= 11 is 0. The van der Waals surface area contributed by atoms with E-state index in [9.17, 15) is 4.79 Å². The van der Waals surface area contributed by atoms with Gasteiger partial charge in [-0.3, -0.25) is 4.79 Å². The van der Waals surface area contributed by atoms with Crippen LogP contribution in [0.15, 0.2) is 36.4 Å². The fourth-order valence-electron chi connectivity index (χ4n) is 3.77. The smallest absolute Gasteiger partial charge is 0.221 e. The molecule has 34 heavy (non-hydrogen) atoms. The van der Waals surface area contributed by atoms with Crippen LogP contribution in [0.1, 0.15) is 18.4 Å². The molecule has 10 nitrogen and oxygen atoms in total. The van der Waals surface area contributed by atoms with Crippen LogP contribution in [0.4, 0.5) is 17.2 Å². The predicted molar refractivity (Wildman–Crippen MR) is 129 cm³/mol. The summed E-state index contributed by atoms with van der Waals surface area (Å²) in [4.78, 5) is 20.9. The van der Waals surface area contributed by atoms with Gasteiger partial charge in [0.1, 0.15) is 11.3 Å². The van der Waals surface area contributed by atoms with Gasteiger partial charge in [0, 0.05) is 36.0 Å². The summed E-state index contributed by atoms with van der Waals surface area (Å²) in [6.45, 7) is 5.25. The maximum absolute atomic E-state index is 11.5. The van der Waals surface area contributed by atoms with Crippen LogP contribution in [0.3, 0.4) is 0 Å². The van der Waals surface area contributed by atoms with E-state index in [4.69, 9.17) is 24.3 Å². The third kappa shape index (κ3) is 4.29. The van der Waals surface area contributed by atoms with E-state index in [1.54, 1.807) is 38.0 Å². The Labute approximate surface area is 196 Å². The largest absolute Gasteiger partial charge is 0.493 e. The standard InChI is InChI=1S/C24H26N6O4/c1-13-21-24(27-18-11-19(32-4)22(34-6)20(12-18)33-5)28-23(29-30(21)14(2)25-13)16-8-7-9-17(10-16)26-15(3)31/h7-12H,1-6H3,(H,26,31)(H,27,28,29). The molecule has 4 aromatic rings. The molecule has 0 fully saturated rings. The van der Waals surface area contributed by atoms with Gasteiger partial charge in [-0.1, -0.05) is 12.1 Å². The van der Waals surface area contributed by atoms with E-state index in [-0.39, 0.29) is 5.91 Å². The summed E-state index contributed by atoms with van der Waals surface area (Å²) in [5.74, 6) is 3.12. The number of benzene rings is 2. The Balaban J connectivity index is 1.86. The van der Waals surface area contributed by atoms with Crippen molar-refractivity contribution in [3.05, 3.63) is 47.9 Å². The molecule has 2 N–H and O–H groups in total. The third-order valence-corrected chi connectivity index (χ3v) is 5.20. The van der Waals surface area contributed by atoms with Crippen molar-refractivity contribution < 1.29 is 19.0 Å². The Morgan fingerprint density at radius 2 is 1.65 bits per heavy atom. The van der Waals surface area contributed by atoms with E-state index in [0.29, 0.717) is 40.3 Å². The van der Waals surface area contributed by atoms with Gasteiger partial charge < -0.3 is 24.8 Å². The molecule has 0 unspecified atom stereocenters. The number of aryl methyl sites for hydroxylation is 2. The Hall–Kier alpha value is -4.34. The van der Waals surface area contributed by atoms with Gasteiger partial charge in [0.25, 0.3) is 0 Å². The first-order valence-corrected chi connectivity index (χ1v) is 10.5. The molecule has 0 bridgehead atoms. The summed E-state index contributed by atoms with van der Waals surface area (Å²) in [6, 6.07) is 11.0. The monoisotopic (exact) mass is 462 g/mol. The molecule has 0 atom stereocenters. The second-order valence-corrected chi connectivity index (χ2v) is 7.59. The van der Waals surface area contributed by atoms with Gasteiger partial charge in [-0.25, -0.2) is 14.5 Å². The van der Waals surface area contributed by atoms with Crippen LogP contribution >= 0.6 is 0 Å².